The summed E-state index contributed by atoms with van der Waals surface area (Å²) in [5.74, 6) is 0. The second-order valence-electron chi connectivity index (χ2n) is 4.82. The zero-order valence-corrected chi connectivity index (χ0v) is 11.5. The number of nitrogens with zero attached hydrogens (tertiary/aromatic N) is 2. The number of hydrogen-bond acceptors (Lipinski definition) is 3. The average Bonchev–Trinajstić information content (AvgIpc) is 2.33. The predicted molar refractivity (Wildman–Crippen MR) is 74.4 cm³/mol. The van der Waals surface area contributed by atoms with Crippen LogP contribution < -0.4 is 10.2 Å². The third-order valence-corrected chi connectivity index (χ3v) is 2.85. The minimum atomic E-state index is 0.511. The first-order chi connectivity index (χ1) is 8.15. The molecule has 1 aromatic heterocycles. The van der Waals surface area contributed by atoms with Crippen LogP contribution >= 0.6 is 0 Å². The Morgan fingerprint density at radius 3 is 2.82 bits per heavy atom. The molecule has 0 radical (unpaired) electrons. The van der Waals surface area contributed by atoms with Crippen molar-refractivity contribution in [3.05, 3.63) is 24.0 Å². The van der Waals surface area contributed by atoms with Gasteiger partial charge in [-0.2, -0.15) is 0 Å². The molecule has 0 fully saturated rings. The first kappa shape index (κ1) is 14.0. The first-order valence-electron chi connectivity index (χ1n) is 6.52. The van der Waals surface area contributed by atoms with Crippen molar-refractivity contribution in [2.24, 2.45) is 0 Å². The summed E-state index contributed by atoms with van der Waals surface area (Å²) in [5.41, 5.74) is 2.57. The van der Waals surface area contributed by atoms with Gasteiger partial charge in [0.15, 0.2) is 0 Å². The number of hydrogen-bond donors (Lipinski definition) is 1. The predicted octanol–water partition coefficient (Wildman–Crippen LogP) is 2.82. The van der Waals surface area contributed by atoms with Crippen molar-refractivity contribution in [2.45, 2.75) is 46.2 Å². The molecule has 1 N–H and O–H groups in total. The van der Waals surface area contributed by atoms with Crippen molar-refractivity contribution >= 4 is 5.69 Å². The van der Waals surface area contributed by atoms with Gasteiger partial charge in [-0.05, 0) is 18.1 Å². The molecule has 96 valence electrons. The van der Waals surface area contributed by atoms with Crippen LogP contribution in [0.4, 0.5) is 5.69 Å². The average molecular weight is 235 g/mol. The maximum absolute atomic E-state index is 4.23. The van der Waals surface area contributed by atoms with Gasteiger partial charge in [0.1, 0.15) is 0 Å². The number of pyridine rings is 1. The van der Waals surface area contributed by atoms with Gasteiger partial charge in [-0.1, -0.05) is 27.2 Å². The Bertz CT molecular complexity index is 323. The van der Waals surface area contributed by atoms with Crippen LogP contribution in [0.25, 0.3) is 0 Å². The van der Waals surface area contributed by atoms with Crippen molar-refractivity contribution in [3.8, 4) is 0 Å². The fourth-order valence-corrected chi connectivity index (χ4v) is 1.74. The van der Waals surface area contributed by atoms with E-state index in [-0.39, 0.29) is 0 Å². The highest BCUT2D eigenvalue weighted by molar-refractivity contribution is 5.50. The third-order valence-electron chi connectivity index (χ3n) is 2.85. The number of nitrogens with one attached hydrogen (secondary N) is 1. The van der Waals surface area contributed by atoms with E-state index in [9.17, 15) is 0 Å². The van der Waals surface area contributed by atoms with Gasteiger partial charge in [0, 0.05) is 32.4 Å². The summed E-state index contributed by atoms with van der Waals surface area (Å²) in [6.45, 7) is 8.56. The van der Waals surface area contributed by atoms with E-state index in [2.05, 4.69) is 49.1 Å². The van der Waals surface area contributed by atoms with Crippen LogP contribution in [0.15, 0.2) is 18.5 Å². The zero-order chi connectivity index (χ0) is 12.7. The molecule has 0 saturated heterocycles. The van der Waals surface area contributed by atoms with Gasteiger partial charge in [-0.3, -0.25) is 4.98 Å². The summed E-state index contributed by atoms with van der Waals surface area (Å²) in [7, 11) is 2.14. The van der Waals surface area contributed by atoms with Crippen LogP contribution in [-0.2, 0) is 6.54 Å². The Hall–Kier alpha value is -1.09. The molecule has 3 nitrogen and oxygen atoms in total. The highest BCUT2D eigenvalue weighted by Crippen LogP contribution is 2.18. The molecule has 17 heavy (non-hydrogen) atoms. The van der Waals surface area contributed by atoms with Crippen LogP contribution in [0.5, 0.6) is 0 Å². The lowest BCUT2D eigenvalue weighted by molar-refractivity contribution is 0.587. The summed E-state index contributed by atoms with van der Waals surface area (Å²) in [6.07, 6.45) is 6.29. The number of rotatable bonds is 7. The van der Waals surface area contributed by atoms with Crippen LogP contribution in [0.1, 0.15) is 39.2 Å². The van der Waals surface area contributed by atoms with Crippen molar-refractivity contribution in [3.63, 3.8) is 0 Å². The molecule has 0 amide bonds. The molecular weight excluding hydrogens is 210 g/mol. The second kappa shape index (κ2) is 7.28. The first-order valence-corrected chi connectivity index (χ1v) is 6.52. The van der Waals surface area contributed by atoms with E-state index in [0.29, 0.717) is 6.04 Å². The molecule has 0 atom stereocenters. The minimum Gasteiger partial charge on any atom is -0.373 e. The lowest BCUT2D eigenvalue weighted by Gasteiger charge is -2.22. The Morgan fingerprint density at radius 1 is 1.41 bits per heavy atom. The normalized spacial score (nSPS) is 10.9. The monoisotopic (exact) mass is 235 g/mol. The van der Waals surface area contributed by atoms with Crippen molar-refractivity contribution in [1.29, 1.82) is 0 Å². The summed E-state index contributed by atoms with van der Waals surface area (Å²) in [6, 6.07) is 2.62. The third kappa shape index (κ3) is 4.73. The summed E-state index contributed by atoms with van der Waals surface area (Å²) >= 11 is 0. The van der Waals surface area contributed by atoms with E-state index >= 15 is 0 Å². The number of unbranched alkanes of at least 4 members (excludes halogenated alkanes) is 1. The molecule has 1 rings (SSSR count). The van der Waals surface area contributed by atoms with Gasteiger partial charge < -0.3 is 10.2 Å². The molecule has 0 aromatic carbocycles. The number of aromatic nitrogens is 1. The summed E-state index contributed by atoms with van der Waals surface area (Å²) in [5, 5.41) is 3.46. The van der Waals surface area contributed by atoms with Gasteiger partial charge >= 0.3 is 0 Å². The second-order valence-corrected chi connectivity index (χ2v) is 4.82. The molecule has 0 bridgehead atoms. The van der Waals surface area contributed by atoms with Gasteiger partial charge in [-0.25, -0.2) is 0 Å². The van der Waals surface area contributed by atoms with Crippen LogP contribution in [0, 0.1) is 0 Å². The van der Waals surface area contributed by atoms with Crippen LogP contribution in [0.3, 0.4) is 0 Å². The van der Waals surface area contributed by atoms with Crippen molar-refractivity contribution in [2.75, 3.05) is 18.5 Å². The number of anilines is 1. The molecule has 0 aliphatic heterocycles. The SMILES string of the molecule is CCCCN(C)c1cnccc1CNC(C)C. The highest BCUT2D eigenvalue weighted by atomic mass is 15.1. The quantitative estimate of drug-likeness (QED) is 0.787. The summed E-state index contributed by atoms with van der Waals surface area (Å²) in [4.78, 5) is 6.53. The van der Waals surface area contributed by atoms with Crippen LogP contribution in [0.2, 0.25) is 0 Å². The molecule has 1 aromatic rings. The molecular formula is C14H25N3. The Morgan fingerprint density at radius 2 is 2.18 bits per heavy atom. The fraction of sp³-hybridized carbons (Fsp3) is 0.643. The van der Waals surface area contributed by atoms with Gasteiger partial charge in [0.25, 0.3) is 0 Å². The Labute approximate surface area is 105 Å². The van der Waals surface area contributed by atoms with Crippen molar-refractivity contribution in [1.82, 2.24) is 10.3 Å². The van der Waals surface area contributed by atoms with Crippen LogP contribution in [-0.4, -0.2) is 24.6 Å². The van der Waals surface area contributed by atoms with E-state index in [1.54, 1.807) is 0 Å². The maximum atomic E-state index is 4.23. The molecule has 0 saturated carbocycles. The lowest BCUT2D eigenvalue weighted by Crippen LogP contribution is -2.25. The topological polar surface area (TPSA) is 28.2 Å². The van der Waals surface area contributed by atoms with E-state index in [0.717, 1.165) is 13.1 Å². The van der Waals surface area contributed by atoms with Crippen molar-refractivity contribution < 1.29 is 0 Å². The largest absolute Gasteiger partial charge is 0.373 e. The Balaban J connectivity index is 2.69. The molecule has 0 aliphatic carbocycles. The molecule has 0 aliphatic rings. The molecule has 1 heterocycles. The van der Waals surface area contributed by atoms with E-state index in [4.69, 9.17) is 0 Å². The molecule has 0 spiro atoms. The van der Waals surface area contributed by atoms with E-state index < -0.39 is 0 Å². The lowest BCUT2D eigenvalue weighted by atomic mass is 10.2. The van der Waals surface area contributed by atoms with E-state index in [1.807, 2.05) is 12.4 Å². The van der Waals surface area contributed by atoms with Gasteiger partial charge in [-0.15, -0.1) is 0 Å². The van der Waals surface area contributed by atoms with Gasteiger partial charge in [0.2, 0.25) is 0 Å². The Kier molecular flexibility index (Phi) is 5.98. The maximum Gasteiger partial charge on any atom is 0.0595 e. The fourth-order valence-electron chi connectivity index (χ4n) is 1.74. The standard InChI is InChI=1S/C14H25N3/c1-5-6-9-17(4)14-11-15-8-7-13(14)10-16-12(2)3/h7-8,11-12,16H,5-6,9-10H2,1-4H3. The molecule has 3 heteroatoms. The smallest absolute Gasteiger partial charge is 0.0595 e. The molecule has 0 unspecified atom stereocenters. The van der Waals surface area contributed by atoms with Gasteiger partial charge in [0.05, 0.1) is 11.9 Å². The zero-order valence-electron chi connectivity index (χ0n) is 11.5. The highest BCUT2D eigenvalue weighted by Gasteiger charge is 2.07. The summed E-state index contributed by atoms with van der Waals surface area (Å²) < 4.78 is 0. The minimum absolute atomic E-state index is 0.511. The van der Waals surface area contributed by atoms with E-state index in [1.165, 1.54) is 24.1 Å².